The normalized spacial score (nSPS) is 14.4. The molecular formula is C25H28N6O2. The molecule has 1 aliphatic rings. The summed E-state index contributed by atoms with van der Waals surface area (Å²) in [7, 11) is 1.80. The van der Waals surface area contributed by atoms with Crippen LogP contribution < -0.4 is 5.32 Å². The van der Waals surface area contributed by atoms with Crippen molar-refractivity contribution in [3.8, 4) is 11.1 Å². The Bertz CT molecular complexity index is 1250. The zero-order valence-corrected chi connectivity index (χ0v) is 19.0. The van der Waals surface area contributed by atoms with Crippen LogP contribution in [0.1, 0.15) is 25.5 Å². The minimum absolute atomic E-state index is 0.0985. The van der Waals surface area contributed by atoms with Crippen molar-refractivity contribution in [2.45, 2.75) is 26.4 Å². The van der Waals surface area contributed by atoms with Crippen molar-refractivity contribution in [1.82, 2.24) is 19.7 Å². The molecule has 0 aliphatic carbocycles. The monoisotopic (exact) mass is 444 g/mol. The molecule has 0 atom stereocenters. The van der Waals surface area contributed by atoms with E-state index in [1.165, 1.54) is 12.8 Å². The number of nitrogens with zero attached hydrogens (tertiary/aromatic N) is 5. The summed E-state index contributed by atoms with van der Waals surface area (Å²) in [6.45, 7) is 7.77. The first kappa shape index (κ1) is 22.4. The van der Waals surface area contributed by atoms with Crippen LogP contribution in [0, 0.1) is 0 Å². The van der Waals surface area contributed by atoms with E-state index in [-0.39, 0.29) is 12.5 Å². The van der Waals surface area contributed by atoms with Gasteiger partial charge in [0.25, 0.3) is 5.91 Å². The SMILES string of the molecule is C=C(/C=C\N=C(/C)N1CCCC1)C(=O)Nc1cc2cc(-c3cnn(C)c3CO)ccc2cn1. The zero-order chi connectivity index (χ0) is 23.4. The lowest BCUT2D eigenvalue weighted by molar-refractivity contribution is -0.112. The third kappa shape index (κ3) is 5.01. The average Bonchev–Trinajstić information content (AvgIpc) is 3.48. The molecule has 8 heteroatoms. The summed E-state index contributed by atoms with van der Waals surface area (Å²) in [5.41, 5.74) is 2.84. The molecular weight excluding hydrogens is 416 g/mol. The number of carbonyl (C=O) groups is 1. The van der Waals surface area contributed by atoms with Gasteiger partial charge in [0.1, 0.15) is 11.7 Å². The minimum atomic E-state index is -0.335. The second-order valence-electron chi connectivity index (χ2n) is 8.08. The molecule has 0 spiro atoms. The maximum atomic E-state index is 12.6. The molecule has 2 N–H and O–H groups in total. The van der Waals surface area contributed by atoms with Crippen LogP contribution in [0.5, 0.6) is 0 Å². The van der Waals surface area contributed by atoms with Gasteiger partial charge >= 0.3 is 0 Å². The van der Waals surface area contributed by atoms with Gasteiger partial charge in [0.15, 0.2) is 0 Å². The van der Waals surface area contributed by atoms with Crippen LogP contribution in [0.25, 0.3) is 21.9 Å². The molecule has 1 fully saturated rings. The van der Waals surface area contributed by atoms with E-state index in [0.29, 0.717) is 11.4 Å². The summed E-state index contributed by atoms with van der Waals surface area (Å²) in [5.74, 6) is 1.05. The third-order valence-corrected chi connectivity index (χ3v) is 5.88. The molecule has 0 unspecified atom stereocenters. The smallest absolute Gasteiger partial charge is 0.256 e. The lowest BCUT2D eigenvalue weighted by atomic mass is 10.0. The average molecular weight is 445 g/mol. The molecule has 0 radical (unpaired) electrons. The highest BCUT2D eigenvalue weighted by atomic mass is 16.3. The quantitative estimate of drug-likeness (QED) is 0.262. The van der Waals surface area contributed by atoms with E-state index in [9.17, 15) is 9.90 Å². The highest BCUT2D eigenvalue weighted by Gasteiger charge is 2.13. The van der Waals surface area contributed by atoms with Crippen LogP contribution in [0.15, 0.2) is 66.1 Å². The van der Waals surface area contributed by atoms with Crippen molar-refractivity contribution in [3.05, 3.63) is 66.8 Å². The van der Waals surface area contributed by atoms with Crippen LogP contribution in [0.3, 0.4) is 0 Å². The number of nitrogens with one attached hydrogen (secondary N) is 1. The van der Waals surface area contributed by atoms with E-state index in [2.05, 4.69) is 31.9 Å². The standard InChI is InChI=1S/C25H28N6O2/c1-17(8-9-26-18(2)31-10-4-5-11-31)25(33)29-24-13-21-12-19(6-7-20(21)14-27-24)22-15-28-30(3)23(22)16-32/h6-9,12-15,32H,1,4-5,10-11,16H2,2-3H3,(H,27,29,33)/b9-8-,26-18+. The molecule has 2 aromatic heterocycles. The van der Waals surface area contributed by atoms with Crippen LogP contribution in [-0.2, 0) is 18.4 Å². The first-order valence-corrected chi connectivity index (χ1v) is 10.9. The van der Waals surface area contributed by atoms with Gasteiger partial charge in [-0.1, -0.05) is 18.7 Å². The van der Waals surface area contributed by atoms with E-state index < -0.39 is 0 Å². The number of likely N-dealkylation sites (tertiary alicyclic amines) is 1. The second kappa shape index (κ2) is 9.79. The van der Waals surface area contributed by atoms with E-state index in [1.54, 1.807) is 36.4 Å². The summed E-state index contributed by atoms with van der Waals surface area (Å²) < 4.78 is 1.66. The first-order valence-electron chi connectivity index (χ1n) is 10.9. The number of pyridine rings is 1. The number of fused-ring (bicyclic) bond motifs is 1. The summed E-state index contributed by atoms with van der Waals surface area (Å²) in [6.07, 6.45) is 9.05. The van der Waals surface area contributed by atoms with Gasteiger partial charge in [-0.25, -0.2) is 9.98 Å². The zero-order valence-electron chi connectivity index (χ0n) is 19.0. The van der Waals surface area contributed by atoms with E-state index in [1.807, 2.05) is 31.2 Å². The Balaban J connectivity index is 1.47. The molecule has 1 aliphatic heterocycles. The van der Waals surface area contributed by atoms with Crippen molar-refractivity contribution in [2.75, 3.05) is 18.4 Å². The van der Waals surface area contributed by atoms with Crippen molar-refractivity contribution in [1.29, 1.82) is 0 Å². The minimum Gasteiger partial charge on any atom is -0.390 e. The Morgan fingerprint density at radius 1 is 1.24 bits per heavy atom. The molecule has 8 nitrogen and oxygen atoms in total. The van der Waals surface area contributed by atoms with Gasteiger partial charge < -0.3 is 15.3 Å². The van der Waals surface area contributed by atoms with Gasteiger partial charge in [-0.05, 0) is 48.9 Å². The van der Waals surface area contributed by atoms with Crippen LogP contribution in [0.2, 0.25) is 0 Å². The fraction of sp³-hybridized carbons (Fsp3) is 0.280. The number of anilines is 1. The molecule has 1 aromatic carbocycles. The summed E-state index contributed by atoms with van der Waals surface area (Å²) in [5, 5.41) is 18.6. The molecule has 170 valence electrons. The first-order chi connectivity index (χ1) is 16.0. The summed E-state index contributed by atoms with van der Waals surface area (Å²) in [4.78, 5) is 23.5. The predicted molar refractivity (Wildman–Crippen MR) is 131 cm³/mol. The molecule has 1 amide bonds. The number of amidine groups is 1. The number of amides is 1. The second-order valence-corrected chi connectivity index (χ2v) is 8.08. The number of benzene rings is 1. The molecule has 3 aromatic rings. The molecule has 1 saturated heterocycles. The van der Waals surface area contributed by atoms with Gasteiger partial charge in [-0.2, -0.15) is 5.10 Å². The third-order valence-electron chi connectivity index (χ3n) is 5.88. The molecule has 33 heavy (non-hydrogen) atoms. The molecule has 0 bridgehead atoms. The van der Waals surface area contributed by atoms with Gasteiger partial charge in [-0.15, -0.1) is 0 Å². The van der Waals surface area contributed by atoms with Gasteiger partial charge in [0.05, 0.1) is 18.5 Å². The predicted octanol–water partition coefficient (Wildman–Crippen LogP) is 3.65. The van der Waals surface area contributed by atoms with Crippen molar-refractivity contribution >= 4 is 28.3 Å². The number of aliphatic hydroxyl groups excluding tert-OH is 1. The number of carbonyl (C=O) groups excluding carboxylic acids is 1. The number of aliphatic hydroxyl groups is 1. The number of rotatable bonds is 6. The van der Waals surface area contributed by atoms with Crippen molar-refractivity contribution in [2.24, 2.45) is 12.0 Å². The number of aliphatic imine (C=N–C) groups is 1. The van der Waals surface area contributed by atoms with E-state index in [4.69, 9.17) is 0 Å². The molecule has 0 saturated carbocycles. The number of aryl methyl sites for hydroxylation is 1. The van der Waals surface area contributed by atoms with Crippen LogP contribution >= 0.6 is 0 Å². The highest BCUT2D eigenvalue weighted by molar-refractivity contribution is 6.05. The van der Waals surface area contributed by atoms with Crippen molar-refractivity contribution < 1.29 is 9.90 Å². The van der Waals surface area contributed by atoms with Gasteiger partial charge in [0, 0.05) is 49.1 Å². The fourth-order valence-electron chi connectivity index (χ4n) is 3.90. The number of hydrogen-bond acceptors (Lipinski definition) is 5. The largest absolute Gasteiger partial charge is 0.390 e. The maximum Gasteiger partial charge on any atom is 0.256 e. The van der Waals surface area contributed by atoms with Gasteiger partial charge in [0.2, 0.25) is 0 Å². The number of aromatic nitrogens is 3. The molecule has 3 heterocycles. The maximum absolute atomic E-state index is 12.6. The van der Waals surface area contributed by atoms with Crippen LogP contribution in [-0.4, -0.2) is 49.6 Å². The van der Waals surface area contributed by atoms with E-state index >= 15 is 0 Å². The van der Waals surface area contributed by atoms with Crippen molar-refractivity contribution in [3.63, 3.8) is 0 Å². The number of hydrogen-bond donors (Lipinski definition) is 2. The summed E-state index contributed by atoms with van der Waals surface area (Å²) >= 11 is 0. The Morgan fingerprint density at radius 3 is 2.79 bits per heavy atom. The highest BCUT2D eigenvalue weighted by Crippen LogP contribution is 2.28. The van der Waals surface area contributed by atoms with Gasteiger partial charge in [-0.3, -0.25) is 9.48 Å². The Hall–Kier alpha value is -3.78. The lowest BCUT2D eigenvalue weighted by Crippen LogP contribution is -2.24. The Kier molecular flexibility index (Phi) is 6.65. The Labute approximate surface area is 193 Å². The lowest BCUT2D eigenvalue weighted by Gasteiger charge is -2.15. The van der Waals surface area contributed by atoms with Crippen LogP contribution in [0.4, 0.5) is 5.82 Å². The Morgan fingerprint density at radius 2 is 2.03 bits per heavy atom. The fourth-order valence-corrected chi connectivity index (χ4v) is 3.90. The molecule has 4 rings (SSSR count). The summed E-state index contributed by atoms with van der Waals surface area (Å²) in [6, 6.07) is 7.74. The topological polar surface area (TPSA) is 95.6 Å². The van der Waals surface area contributed by atoms with E-state index in [0.717, 1.165) is 46.5 Å².